The Morgan fingerprint density at radius 2 is 1.97 bits per heavy atom. The molecule has 2 heterocycles. The molecule has 0 saturated heterocycles. The van der Waals surface area contributed by atoms with Crippen molar-refractivity contribution in [3.63, 3.8) is 0 Å². The molecule has 0 aliphatic heterocycles. The van der Waals surface area contributed by atoms with Gasteiger partial charge in [-0.25, -0.2) is 14.5 Å². The molecule has 0 unspecified atom stereocenters. The second-order valence-electron chi connectivity index (χ2n) is 6.67. The van der Waals surface area contributed by atoms with Crippen LogP contribution in [-0.2, 0) is 9.53 Å². The number of hydrogen-bond acceptors (Lipinski definition) is 7. The van der Waals surface area contributed by atoms with Crippen LogP contribution in [0.5, 0.6) is 0 Å². The fourth-order valence-corrected chi connectivity index (χ4v) is 3.08. The number of esters is 1. The van der Waals surface area contributed by atoms with Gasteiger partial charge in [-0.1, -0.05) is 17.7 Å². The zero-order valence-electron chi connectivity index (χ0n) is 16.9. The largest absolute Gasteiger partial charge is 0.451 e. The van der Waals surface area contributed by atoms with Gasteiger partial charge in [0.1, 0.15) is 0 Å². The fraction of sp³-hybridized carbons (Fsp3) is 0.200. The van der Waals surface area contributed by atoms with Crippen LogP contribution in [0.3, 0.4) is 0 Å². The number of pyridine rings is 1. The number of anilines is 1. The maximum absolute atomic E-state index is 12.4. The summed E-state index contributed by atoms with van der Waals surface area (Å²) in [5, 5.41) is 17.9. The van der Waals surface area contributed by atoms with E-state index in [1.807, 2.05) is 19.9 Å². The Hall–Kier alpha value is -3.79. The van der Waals surface area contributed by atoms with E-state index in [1.165, 1.54) is 31.2 Å². The summed E-state index contributed by atoms with van der Waals surface area (Å²) in [4.78, 5) is 39.3. The summed E-state index contributed by atoms with van der Waals surface area (Å²) in [6, 6.07) is 9.24. The number of rotatable bonds is 6. The Kier molecular flexibility index (Phi) is 6.30. The van der Waals surface area contributed by atoms with Gasteiger partial charge in [0.15, 0.2) is 18.1 Å². The first-order valence-corrected chi connectivity index (χ1v) is 9.46. The van der Waals surface area contributed by atoms with Crippen LogP contribution >= 0.6 is 11.6 Å². The molecule has 0 fully saturated rings. The van der Waals surface area contributed by atoms with Gasteiger partial charge in [-0.3, -0.25) is 14.9 Å². The Morgan fingerprint density at radius 1 is 1.23 bits per heavy atom. The molecular formula is C20H18ClN5O5. The molecule has 160 valence electrons. The lowest BCUT2D eigenvalue weighted by molar-refractivity contribution is -0.385. The predicted molar refractivity (Wildman–Crippen MR) is 113 cm³/mol. The van der Waals surface area contributed by atoms with Gasteiger partial charge in [0, 0.05) is 11.8 Å². The third-order valence-electron chi connectivity index (χ3n) is 4.36. The number of amides is 1. The number of ether oxygens (including phenoxy) is 1. The van der Waals surface area contributed by atoms with Crippen LogP contribution in [0.4, 0.5) is 11.4 Å². The van der Waals surface area contributed by atoms with Crippen molar-refractivity contribution in [2.45, 2.75) is 20.8 Å². The number of nitrogens with one attached hydrogen (secondary N) is 1. The van der Waals surface area contributed by atoms with Crippen LogP contribution in [-0.4, -0.2) is 38.2 Å². The molecule has 0 bridgehead atoms. The van der Waals surface area contributed by atoms with Gasteiger partial charge in [-0.2, -0.15) is 5.10 Å². The van der Waals surface area contributed by atoms with Crippen LogP contribution in [0.2, 0.25) is 5.02 Å². The van der Waals surface area contributed by atoms with Crippen molar-refractivity contribution < 1.29 is 19.2 Å². The number of carbonyl (C=O) groups is 2. The molecule has 2 aromatic heterocycles. The number of nitro groups is 1. The van der Waals surface area contributed by atoms with E-state index in [-0.39, 0.29) is 27.7 Å². The number of hydrogen-bond donors (Lipinski definition) is 1. The van der Waals surface area contributed by atoms with Crippen molar-refractivity contribution in [3.05, 3.63) is 74.2 Å². The molecular weight excluding hydrogens is 426 g/mol. The van der Waals surface area contributed by atoms with Crippen molar-refractivity contribution in [1.29, 1.82) is 0 Å². The summed E-state index contributed by atoms with van der Waals surface area (Å²) in [5.41, 5.74) is 1.84. The SMILES string of the molecule is Cc1cc(C)n(-c2ccc(Cl)c(C(=O)OCC(=O)Nc3cccc([N+](=O)[O-])c3C)n2)n1. The molecule has 0 saturated carbocycles. The minimum atomic E-state index is -0.890. The van der Waals surface area contributed by atoms with E-state index >= 15 is 0 Å². The Bertz CT molecular complexity index is 1190. The van der Waals surface area contributed by atoms with Gasteiger partial charge < -0.3 is 10.1 Å². The molecule has 0 atom stereocenters. The fourth-order valence-electron chi connectivity index (χ4n) is 2.90. The van der Waals surface area contributed by atoms with Gasteiger partial charge in [-0.15, -0.1) is 0 Å². The highest BCUT2D eigenvalue weighted by Crippen LogP contribution is 2.25. The van der Waals surface area contributed by atoms with Gasteiger partial charge in [0.05, 0.1) is 26.9 Å². The van der Waals surface area contributed by atoms with E-state index in [1.54, 1.807) is 10.7 Å². The number of nitrogens with zero attached hydrogens (tertiary/aromatic N) is 4. The summed E-state index contributed by atoms with van der Waals surface area (Å²) in [6.07, 6.45) is 0. The highest BCUT2D eigenvalue weighted by Gasteiger charge is 2.19. The summed E-state index contributed by atoms with van der Waals surface area (Å²) in [7, 11) is 0. The van der Waals surface area contributed by atoms with E-state index in [0.29, 0.717) is 5.82 Å². The Labute approximate surface area is 182 Å². The summed E-state index contributed by atoms with van der Waals surface area (Å²) in [6.45, 7) is 4.56. The zero-order chi connectivity index (χ0) is 22.7. The molecule has 3 rings (SSSR count). The standard InChI is InChI=1S/C20H18ClN5O5/c1-11-9-12(2)25(24-11)17-8-7-14(21)19(23-17)20(28)31-10-18(27)22-15-5-4-6-16(13(15)3)26(29)30/h4-9H,10H2,1-3H3,(H,22,27). The van der Waals surface area contributed by atoms with Crippen molar-refractivity contribution in [1.82, 2.24) is 14.8 Å². The van der Waals surface area contributed by atoms with Crippen molar-refractivity contribution >= 4 is 34.9 Å². The maximum atomic E-state index is 12.4. The van der Waals surface area contributed by atoms with Gasteiger partial charge in [0.25, 0.3) is 11.6 Å². The average Bonchev–Trinajstić information content (AvgIpc) is 3.06. The van der Waals surface area contributed by atoms with E-state index in [2.05, 4.69) is 15.4 Å². The molecule has 0 aliphatic rings. The van der Waals surface area contributed by atoms with Crippen LogP contribution in [0.15, 0.2) is 36.4 Å². The number of aryl methyl sites for hydroxylation is 2. The number of halogens is 1. The lowest BCUT2D eigenvalue weighted by Crippen LogP contribution is -2.22. The van der Waals surface area contributed by atoms with Crippen LogP contribution in [0.1, 0.15) is 27.4 Å². The summed E-state index contributed by atoms with van der Waals surface area (Å²) < 4.78 is 6.58. The van der Waals surface area contributed by atoms with Crippen LogP contribution in [0, 0.1) is 30.9 Å². The van der Waals surface area contributed by atoms with Gasteiger partial charge in [-0.05, 0) is 45.0 Å². The number of carbonyl (C=O) groups excluding carboxylic acids is 2. The average molecular weight is 444 g/mol. The normalized spacial score (nSPS) is 10.6. The molecule has 0 aliphatic carbocycles. The third kappa shape index (κ3) is 4.86. The topological polar surface area (TPSA) is 129 Å². The number of benzene rings is 1. The highest BCUT2D eigenvalue weighted by atomic mass is 35.5. The Morgan fingerprint density at radius 3 is 2.61 bits per heavy atom. The molecule has 3 aromatic rings. The first-order chi connectivity index (χ1) is 14.7. The highest BCUT2D eigenvalue weighted by molar-refractivity contribution is 6.33. The van der Waals surface area contributed by atoms with Crippen LogP contribution < -0.4 is 5.32 Å². The monoisotopic (exact) mass is 443 g/mol. The van der Waals surface area contributed by atoms with Crippen molar-refractivity contribution in [2.24, 2.45) is 0 Å². The van der Waals surface area contributed by atoms with Gasteiger partial charge in [0.2, 0.25) is 0 Å². The second-order valence-corrected chi connectivity index (χ2v) is 7.08. The first-order valence-electron chi connectivity index (χ1n) is 9.08. The quantitative estimate of drug-likeness (QED) is 0.350. The first kappa shape index (κ1) is 21.9. The van der Waals surface area contributed by atoms with E-state index < -0.39 is 23.4 Å². The van der Waals surface area contributed by atoms with Crippen molar-refractivity contribution in [2.75, 3.05) is 11.9 Å². The zero-order valence-corrected chi connectivity index (χ0v) is 17.6. The molecule has 1 N–H and O–H groups in total. The van der Waals surface area contributed by atoms with Crippen LogP contribution in [0.25, 0.3) is 5.82 Å². The van der Waals surface area contributed by atoms with Crippen molar-refractivity contribution in [3.8, 4) is 5.82 Å². The maximum Gasteiger partial charge on any atom is 0.359 e. The second kappa shape index (κ2) is 8.92. The van der Waals surface area contributed by atoms with E-state index in [0.717, 1.165) is 11.4 Å². The lowest BCUT2D eigenvalue weighted by Gasteiger charge is -2.10. The summed E-state index contributed by atoms with van der Waals surface area (Å²) in [5.74, 6) is -1.18. The predicted octanol–water partition coefficient (Wildman–Crippen LogP) is 3.55. The van der Waals surface area contributed by atoms with E-state index in [4.69, 9.17) is 16.3 Å². The minimum Gasteiger partial charge on any atom is -0.451 e. The molecule has 11 heteroatoms. The van der Waals surface area contributed by atoms with Gasteiger partial charge >= 0.3 is 5.97 Å². The Balaban J connectivity index is 1.70. The number of nitro benzene ring substituents is 1. The molecule has 0 radical (unpaired) electrons. The molecule has 0 spiro atoms. The molecule has 1 aromatic carbocycles. The smallest absolute Gasteiger partial charge is 0.359 e. The van der Waals surface area contributed by atoms with E-state index in [9.17, 15) is 19.7 Å². The number of aromatic nitrogens is 3. The summed E-state index contributed by atoms with van der Waals surface area (Å²) >= 11 is 6.08. The lowest BCUT2D eigenvalue weighted by atomic mass is 10.1. The molecule has 10 nitrogen and oxygen atoms in total. The third-order valence-corrected chi connectivity index (χ3v) is 4.67. The molecule has 31 heavy (non-hydrogen) atoms. The molecule has 1 amide bonds. The minimum absolute atomic E-state index is 0.0604.